The van der Waals surface area contributed by atoms with Gasteiger partial charge in [-0.05, 0) is 6.92 Å². The van der Waals surface area contributed by atoms with E-state index < -0.39 is 16.0 Å². The fourth-order valence-electron chi connectivity index (χ4n) is 2.11. The Balaban J connectivity index is 2.39. The summed E-state index contributed by atoms with van der Waals surface area (Å²) >= 11 is 0.869. The zero-order valence-corrected chi connectivity index (χ0v) is 13.7. The molecule has 1 aliphatic heterocycles. The van der Waals surface area contributed by atoms with Gasteiger partial charge >= 0.3 is 5.97 Å². The number of nitrogens with zero attached hydrogens (tertiary/aromatic N) is 1. The molecule has 2 rings (SSSR count). The number of ether oxygens (including phenoxy) is 2. The minimum absolute atomic E-state index is 0.0412. The Morgan fingerprint density at radius 1 is 1.48 bits per heavy atom. The summed E-state index contributed by atoms with van der Waals surface area (Å²) in [7, 11) is -1.05. The first-order valence-electron chi connectivity index (χ1n) is 6.39. The molecule has 0 aliphatic carbocycles. The molecule has 9 heteroatoms. The topological polar surface area (TPSA) is 84.9 Å². The van der Waals surface area contributed by atoms with Crippen molar-refractivity contribution in [2.24, 2.45) is 0 Å². The Morgan fingerprint density at radius 3 is 2.76 bits per heavy atom. The summed E-state index contributed by atoms with van der Waals surface area (Å²) in [4.78, 5) is 11.8. The van der Waals surface area contributed by atoms with Crippen molar-refractivity contribution in [1.29, 1.82) is 0 Å². The van der Waals surface area contributed by atoms with Crippen LogP contribution in [-0.4, -0.2) is 58.6 Å². The maximum absolute atomic E-state index is 12.7. The zero-order valence-electron chi connectivity index (χ0n) is 12.1. The number of carbonyl (C=O) groups is 1. The van der Waals surface area contributed by atoms with E-state index in [1.165, 1.54) is 24.6 Å². The van der Waals surface area contributed by atoms with Gasteiger partial charge in [-0.25, -0.2) is 13.2 Å². The number of piperazine rings is 1. The number of rotatable bonds is 4. The Hall–Kier alpha value is -1.16. The summed E-state index contributed by atoms with van der Waals surface area (Å²) in [5.74, 6) is -0.403. The lowest BCUT2D eigenvalue weighted by Crippen LogP contribution is -2.51. The monoisotopic (exact) mass is 334 g/mol. The number of methoxy groups -OCH3 is 2. The first-order valence-corrected chi connectivity index (χ1v) is 8.65. The van der Waals surface area contributed by atoms with E-state index in [-0.39, 0.29) is 20.9 Å². The standard InChI is InChI=1S/C12H18N2O5S2/c1-8-7-14(5-4-13-8)21(16,17)12-9(18-2)6-10(20-12)11(15)19-3/h6,8,13H,4-5,7H2,1-3H3. The van der Waals surface area contributed by atoms with Gasteiger partial charge in [0.2, 0.25) is 0 Å². The molecule has 1 aromatic heterocycles. The molecule has 0 bridgehead atoms. The molecule has 21 heavy (non-hydrogen) atoms. The number of thiophene rings is 1. The summed E-state index contributed by atoms with van der Waals surface area (Å²) in [5, 5.41) is 3.19. The molecule has 1 fully saturated rings. The normalized spacial score (nSPS) is 20.2. The van der Waals surface area contributed by atoms with Gasteiger partial charge in [0.25, 0.3) is 10.0 Å². The van der Waals surface area contributed by atoms with E-state index in [1.54, 1.807) is 0 Å². The fourth-order valence-corrected chi connectivity index (χ4v) is 5.28. The van der Waals surface area contributed by atoms with Crippen LogP contribution in [0.3, 0.4) is 0 Å². The van der Waals surface area contributed by atoms with Crippen LogP contribution in [0.5, 0.6) is 5.75 Å². The highest BCUT2D eigenvalue weighted by molar-refractivity contribution is 7.91. The molecule has 0 amide bonds. The third-order valence-corrected chi connectivity index (χ3v) is 6.63. The highest BCUT2D eigenvalue weighted by Crippen LogP contribution is 2.36. The average molecular weight is 334 g/mol. The molecule has 1 saturated heterocycles. The Kier molecular flexibility index (Phi) is 4.87. The number of nitrogens with one attached hydrogen (secondary N) is 1. The molecule has 1 aromatic rings. The molecule has 2 heterocycles. The highest BCUT2D eigenvalue weighted by atomic mass is 32.2. The molecule has 1 N–H and O–H groups in total. The molecule has 7 nitrogen and oxygen atoms in total. The predicted octanol–water partition coefficient (Wildman–Crippen LogP) is 0.526. The van der Waals surface area contributed by atoms with Crippen LogP contribution in [0.1, 0.15) is 16.6 Å². The Morgan fingerprint density at radius 2 is 2.19 bits per heavy atom. The van der Waals surface area contributed by atoms with Crippen LogP contribution in [0.4, 0.5) is 0 Å². The minimum Gasteiger partial charge on any atom is -0.494 e. The second-order valence-electron chi connectivity index (χ2n) is 4.68. The number of hydrogen-bond acceptors (Lipinski definition) is 7. The maximum Gasteiger partial charge on any atom is 0.348 e. The quantitative estimate of drug-likeness (QED) is 0.809. The van der Waals surface area contributed by atoms with Crippen molar-refractivity contribution in [3.8, 4) is 5.75 Å². The average Bonchev–Trinajstić information content (AvgIpc) is 2.91. The van der Waals surface area contributed by atoms with Crippen LogP contribution in [0, 0.1) is 0 Å². The van der Waals surface area contributed by atoms with Crippen LogP contribution >= 0.6 is 11.3 Å². The molecule has 0 spiro atoms. The van der Waals surface area contributed by atoms with Gasteiger partial charge in [-0.3, -0.25) is 0 Å². The van der Waals surface area contributed by atoms with E-state index in [2.05, 4.69) is 10.1 Å². The lowest BCUT2D eigenvalue weighted by atomic mass is 10.3. The summed E-state index contributed by atoms with van der Waals surface area (Å²) in [6.45, 7) is 3.30. The third-order valence-electron chi connectivity index (χ3n) is 3.18. The van der Waals surface area contributed by atoms with Crippen LogP contribution in [0.15, 0.2) is 10.3 Å². The molecule has 1 atom stereocenters. The number of sulfonamides is 1. The zero-order chi connectivity index (χ0) is 15.6. The molecule has 0 radical (unpaired) electrons. The van der Waals surface area contributed by atoms with E-state index in [9.17, 15) is 13.2 Å². The second kappa shape index (κ2) is 6.30. The first kappa shape index (κ1) is 16.2. The first-order chi connectivity index (χ1) is 9.90. The summed E-state index contributed by atoms with van der Waals surface area (Å²) in [6, 6.07) is 1.48. The van der Waals surface area contributed by atoms with E-state index in [4.69, 9.17) is 4.74 Å². The van der Waals surface area contributed by atoms with Gasteiger partial charge in [0, 0.05) is 31.7 Å². The molecule has 1 unspecified atom stereocenters. The van der Waals surface area contributed by atoms with Gasteiger partial charge < -0.3 is 14.8 Å². The van der Waals surface area contributed by atoms with Gasteiger partial charge in [-0.15, -0.1) is 11.3 Å². The lowest BCUT2D eigenvalue weighted by Gasteiger charge is -2.30. The second-order valence-corrected chi connectivity index (χ2v) is 7.86. The van der Waals surface area contributed by atoms with Crippen molar-refractivity contribution in [2.45, 2.75) is 17.2 Å². The molecule has 1 aliphatic rings. The van der Waals surface area contributed by atoms with Crippen LogP contribution in [-0.2, 0) is 14.8 Å². The predicted molar refractivity (Wildman–Crippen MR) is 78.4 cm³/mol. The van der Waals surface area contributed by atoms with Crippen LogP contribution < -0.4 is 10.1 Å². The van der Waals surface area contributed by atoms with E-state index in [1.807, 2.05) is 6.92 Å². The molecular weight excluding hydrogens is 316 g/mol. The van der Waals surface area contributed by atoms with Crippen LogP contribution in [0.2, 0.25) is 0 Å². The Bertz CT molecular complexity index is 626. The largest absolute Gasteiger partial charge is 0.494 e. The lowest BCUT2D eigenvalue weighted by molar-refractivity contribution is 0.0606. The summed E-state index contributed by atoms with van der Waals surface area (Å²) in [5.41, 5.74) is 0. The van der Waals surface area contributed by atoms with Gasteiger partial charge in [0.15, 0.2) is 9.96 Å². The number of esters is 1. The van der Waals surface area contributed by atoms with Crippen molar-refractivity contribution in [1.82, 2.24) is 9.62 Å². The van der Waals surface area contributed by atoms with Crippen molar-refractivity contribution in [3.05, 3.63) is 10.9 Å². The smallest absolute Gasteiger partial charge is 0.348 e. The molecule has 0 aromatic carbocycles. The number of hydrogen-bond donors (Lipinski definition) is 1. The van der Waals surface area contributed by atoms with Gasteiger partial charge in [0.05, 0.1) is 14.2 Å². The van der Waals surface area contributed by atoms with Gasteiger partial charge in [-0.1, -0.05) is 0 Å². The maximum atomic E-state index is 12.7. The SMILES string of the molecule is COC(=O)c1cc(OC)c(S(=O)(=O)N2CCNC(C)C2)s1. The van der Waals surface area contributed by atoms with E-state index in [0.29, 0.717) is 19.6 Å². The molecule has 118 valence electrons. The molecule has 0 saturated carbocycles. The van der Waals surface area contributed by atoms with E-state index in [0.717, 1.165) is 11.3 Å². The Labute approximate surface area is 127 Å². The van der Waals surface area contributed by atoms with Crippen molar-refractivity contribution < 1.29 is 22.7 Å². The van der Waals surface area contributed by atoms with E-state index >= 15 is 0 Å². The van der Waals surface area contributed by atoms with Crippen molar-refractivity contribution >= 4 is 27.3 Å². The van der Waals surface area contributed by atoms with Crippen molar-refractivity contribution in [2.75, 3.05) is 33.9 Å². The summed E-state index contributed by atoms with van der Waals surface area (Å²) in [6.07, 6.45) is 0. The van der Waals surface area contributed by atoms with Crippen molar-refractivity contribution in [3.63, 3.8) is 0 Å². The number of carbonyl (C=O) groups excluding carboxylic acids is 1. The van der Waals surface area contributed by atoms with Gasteiger partial charge in [0.1, 0.15) is 4.88 Å². The highest BCUT2D eigenvalue weighted by Gasteiger charge is 2.33. The molecular formula is C12H18N2O5S2. The van der Waals surface area contributed by atoms with Gasteiger partial charge in [-0.2, -0.15) is 4.31 Å². The third kappa shape index (κ3) is 3.20. The minimum atomic E-state index is -3.68. The fraction of sp³-hybridized carbons (Fsp3) is 0.583. The summed E-state index contributed by atoms with van der Waals surface area (Å²) < 4.78 is 36.6. The van der Waals surface area contributed by atoms with Crippen LogP contribution in [0.25, 0.3) is 0 Å².